The van der Waals surface area contributed by atoms with Crippen LogP contribution in [0.3, 0.4) is 0 Å². The quantitative estimate of drug-likeness (QED) is 0.903. The number of likely N-dealkylation sites (tertiary alicyclic amines) is 1. The van der Waals surface area contributed by atoms with Gasteiger partial charge < -0.3 is 10.1 Å². The number of nitrogens with one attached hydrogen (secondary N) is 1. The summed E-state index contributed by atoms with van der Waals surface area (Å²) in [6, 6.07) is 4.73. The molecule has 0 spiro atoms. The predicted molar refractivity (Wildman–Crippen MR) is 84.4 cm³/mol. The fourth-order valence-corrected chi connectivity index (χ4v) is 3.03. The van der Waals surface area contributed by atoms with Crippen molar-refractivity contribution < 1.29 is 13.9 Å². The van der Waals surface area contributed by atoms with Crippen LogP contribution in [0.1, 0.15) is 31.9 Å². The molecule has 1 fully saturated rings. The van der Waals surface area contributed by atoms with Gasteiger partial charge in [-0.15, -0.1) is 0 Å². The van der Waals surface area contributed by atoms with Crippen molar-refractivity contribution in [2.75, 3.05) is 20.2 Å². The molecule has 22 heavy (non-hydrogen) atoms. The van der Waals surface area contributed by atoms with E-state index >= 15 is 0 Å². The van der Waals surface area contributed by atoms with E-state index in [1.165, 1.54) is 13.2 Å². The van der Waals surface area contributed by atoms with Crippen molar-refractivity contribution in [1.29, 1.82) is 0 Å². The maximum atomic E-state index is 13.8. The van der Waals surface area contributed by atoms with Gasteiger partial charge in [-0.05, 0) is 37.6 Å². The van der Waals surface area contributed by atoms with Crippen molar-refractivity contribution in [1.82, 2.24) is 10.2 Å². The Hall–Kier alpha value is -1.17. The largest absolute Gasteiger partial charge is 0.372 e. The molecule has 1 amide bonds. The molecule has 1 N–H and O–H groups in total. The fraction of sp³-hybridized carbons (Fsp3) is 0.562. The molecule has 1 saturated heterocycles. The molecule has 1 aliphatic rings. The topological polar surface area (TPSA) is 41.6 Å². The monoisotopic (exact) mass is 328 g/mol. The molecule has 1 aromatic rings. The Morgan fingerprint density at radius 3 is 2.91 bits per heavy atom. The number of ether oxygens (including phenoxy) is 1. The van der Waals surface area contributed by atoms with E-state index in [1.54, 1.807) is 13.0 Å². The number of carbonyl (C=O) groups is 1. The van der Waals surface area contributed by atoms with E-state index < -0.39 is 11.9 Å². The van der Waals surface area contributed by atoms with E-state index in [1.807, 2.05) is 6.07 Å². The SMILES string of the molecule is CCN1CC[C@H](NC(=O)[C@H](C)OC)[C@@H]1c1ccc(Cl)c(F)c1. The van der Waals surface area contributed by atoms with Crippen LogP contribution in [0.2, 0.25) is 5.02 Å². The summed E-state index contributed by atoms with van der Waals surface area (Å²) < 4.78 is 18.8. The van der Waals surface area contributed by atoms with Crippen molar-refractivity contribution in [3.63, 3.8) is 0 Å². The van der Waals surface area contributed by atoms with Gasteiger partial charge in [-0.1, -0.05) is 24.6 Å². The number of hydrogen-bond donors (Lipinski definition) is 1. The molecule has 0 aromatic heterocycles. The lowest BCUT2D eigenvalue weighted by molar-refractivity contribution is -0.131. The zero-order chi connectivity index (χ0) is 16.3. The summed E-state index contributed by atoms with van der Waals surface area (Å²) >= 11 is 5.76. The molecule has 0 radical (unpaired) electrons. The molecule has 2 rings (SSSR count). The third-order valence-electron chi connectivity index (χ3n) is 4.24. The van der Waals surface area contributed by atoms with Crippen LogP contribution >= 0.6 is 11.6 Å². The summed E-state index contributed by atoms with van der Waals surface area (Å²) in [6.45, 7) is 5.46. The molecular formula is C16H22ClFN2O2. The number of methoxy groups -OCH3 is 1. The van der Waals surface area contributed by atoms with Crippen LogP contribution in [0.25, 0.3) is 0 Å². The highest BCUT2D eigenvalue weighted by molar-refractivity contribution is 6.30. The van der Waals surface area contributed by atoms with E-state index in [-0.39, 0.29) is 23.0 Å². The van der Waals surface area contributed by atoms with E-state index in [9.17, 15) is 9.18 Å². The highest BCUT2D eigenvalue weighted by atomic mass is 35.5. The van der Waals surface area contributed by atoms with Gasteiger partial charge >= 0.3 is 0 Å². The normalized spacial score (nSPS) is 23.5. The summed E-state index contributed by atoms with van der Waals surface area (Å²) in [5.74, 6) is -0.581. The summed E-state index contributed by atoms with van der Waals surface area (Å²) in [6.07, 6.45) is 0.323. The maximum Gasteiger partial charge on any atom is 0.249 e. The summed E-state index contributed by atoms with van der Waals surface area (Å²) in [5, 5.41) is 3.13. The Balaban J connectivity index is 2.22. The maximum absolute atomic E-state index is 13.8. The van der Waals surface area contributed by atoms with Crippen LogP contribution < -0.4 is 5.32 Å². The standard InChI is InChI=1S/C16H22ClFN2O2/c1-4-20-8-7-14(19-16(21)10(2)22-3)15(20)11-5-6-12(17)13(18)9-11/h5-6,9-10,14-15H,4,7-8H2,1-3H3,(H,19,21)/t10-,14-,15-/m0/s1. The summed E-state index contributed by atoms with van der Waals surface area (Å²) in [7, 11) is 1.50. The molecule has 0 unspecified atom stereocenters. The molecule has 3 atom stereocenters. The minimum absolute atomic E-state index is 0.0511. The summed E-state index contributed by atoms with van der Waals surface area (Å²) in [4.78, 5) is 14.3. The Bertz CT molecular complexity index is 541. The number of hydrogen-bond acceptors (Lipinski definition) is 3. The zero-order valence-electron chi connectivity index (χ0n) is 13.1. The number of halogens is 2. The van der Waals surface area contributed by atoms with Crippen LogP contribution in [0.5, 0.6) is 0 Å². The molecular weight excluding hydrogens is 307 g/mol. The highest BCUT2D eigenvalue weighted by Gasteiger charge is 2.36. The fourth-order valence-electron chi connectivity index (χ4n) is 2.91. The molecule has 0 saturated carbocycles. The minimum Gasteiger partial charge on any atom is -0.372 e. The molecule has 6 heteroatoms. The Labute approximate surface area is 135 Å². The molecule has 0 bridgehead atoms. The molecule has 1 aromatic carbocycles. The van der Waals surface area contributed by atoms with Gasteiger partial charge in [0, 0.05) is 19.7 Å². The predicted octanol–water partition coefficient (Wildman–Crippen LogP) is 2.77. The van der Waals surface area contributed by atoms with E-state index in [2.05, 4.69) is 17.1 Å². The van der Waals surface area contributed by atoms with Crippen LogP contribution in [0.4, 0.5) is 4.39 Å². The number of carbonyl (C=O) groups excluding carboxylic acids is 1. The van der Waals surface area contributed by atoms with Crippen LogP contribution in [-0.4, -0.2) is 43.2 Å². The third kappa shape index (κ3) is 3.59. The van der Waals surface area contributed by atoms with Gasteiger partial charge in [0.1, 0.15) is 11.9 Å². The smallest absolute Gasteiger partial charge is 0.249 e. The van der Waals surface area contributed by atoms with Crippen molar-refractivity contribution in [2.45, 2.75) is 38.5 Å². The second-order valence-corrected chi connectivity index (χ2v) is 5.94. The molecule has 4 nitrogen and oxygen atoms in total. The van der Waals surface area contributed by atoms with E-state index in [4.69, 9.17) is 16.3 Å². The van der Waals surface area contributed by atoms with Gasteiger partial charge in [0.25, 0.3) is 0 Å². The molecule has 0 aliphatic carbocycles. The average molecular weight is 329 g/mol. The summed E-state index contributed by atoms with van der Waals surface area (Å²) in [5.41, 5.74) is 0.830. The second kappa shape index (κ2) is 7.40. The first-order chi connectivity index (χ1) is 10.5. The third-order valence-corrected chi connectivity index (χ3v) is 4.55. The van der Waals surface area contributed by atoms with Gasteiger partial charge in [-0.3, -0.25) is 9.69 Å². The average Bonchev–Trinajstić information content (AvgIpc) is 2.91. The second-order valence-electron chi connectivity index (χ2n) is 5.53. The highest BCUT2D eigenvalue weighted by Crippen LogP contribution is 2.33. The Kier molecular flexibility index (Phi) is 5.78. The van der Waals surface area contributed by atoms with E-state index in [0.29, 0.717) is 0 Å². The first kappa shape index (κ1) is 17.2. The lowest BCUT2D eigenvalue weighted by Gasteiger charge is -2.29. The first-order valence-corrected chi connectivity index (χ1v) is 7.87. The number of amides is 1. The van der Waals surface area contributed by atoms with Crippen molar-refractivity contribution in [3.8, 4) is 0 Å². The lowest BCUT2D eigenvalue weighted by atomic mass is 9.99. The molecule has 122 valence electrons. The Morgan fingerprint density at radius 1 is 1.59 bits per heavy atom. The van der Waals surface area contributed by atoms with Gasteiger partial charge in [0.2, 0.25) is 5.91 Å². The van der Waals surface area contributed by atoms with Crippen molar-refractivity contribution >= 4 is 17.5 Å². The zero-order valence-corrected chi connectivity index (χ0v) is 13.9. The number of rotatable bonds is 5. The Morgan fingerprint density at radius 2 is 2.32 bits per heavy atom. The van der Waals surface area contributed by atoms with Gasteiger partial charge in [-0.25, -0.2) is 4.39 Å². The van der Waals surface area contributed by atoms with Crippen molar-refractivity contribution in [3.05, 3.63) is 34.6 Å². The van der Waals surface area contributed by atoms with E-state index in [0.717, 1.165) is 25.1 Å². The van der Waals surface area contributed by atoms with Crippen LogP contribution in [-0.2, 0) is 9.53 Å². The van der Waals surface area contributed by atoms with Gasteiger partial charge in [-0.2, -0.15) is 0 Å². The minimum atomic E-state index is -0.502. The number of nitrogens with zero attached hydrogens (tertiary/aromatic N) is 1. The molecule has 1 aliphatic heterocycles. The van der Waals surface area contributed by atoms with Crippen LogP contribution in [0, 0.1) is 5.82 Å². The van der Waals surface area contributed by atoms with Gasteiger partial charge in [0.05, 0.1) is 11.1 Å². The number of benzene rings is 1. The van der Waals surface area contributed by atoms with Crippen molar-refractivity contribution in [2.24, 2.45) is 0 Å². The lowest BCUT2D eigenvalue weighted by Crippen LogP contribution is -2.44. The van der Waals surface area contributed by atoms with Gasteiger partial charge in [0.15, 0.2) is 0 Å². The number of likely N-dealkylation sites (N-methyl/N-ethyl adjacent to an activating group) is 1. The van der Waals surface area contributed by atoms with Crippen LogP contribution in [0.15, 0.2) is 18.2 Å². The first-order valence-electron chi connectivity index (χ1n) is 7.50. The molecule has 1 heterocycles.